The first-order valence-electron chi connectivity index (χ1n) is 35.1. The SMILES string of the molecule is CCCCC/C=C\C/C=C\CCCCCCCC(=O)OCC(COC(=O)CCCCCCCCCCCC/C=C\C/C=C\C/C=C\CCCCCCC)OC(=O)CCCCCCCCCCCCC/C=C\C/C=C\CCCCCCC. The minimum absolute atomic E-state index is 0.0825. The van der Waals surface area contributed by atoms with Crippen molar-refractivity contribution in [2.24, 2.45) is 0 Å². The second kappa shape index (κ2) is 69.1. The third kappa shape index (κ3) is 67.3. The Labute approximate surface area is 503 Å². The van der Waals surface area contributed by atoms with E-state index >= 15 is 0 Å². The van der Waals surface area contributed by atoms with Gasteiger partial charge in [-0.3, -0.25) is 14.4 Å². The van der Waals surface area contributed by atoms with E-state index in [1.807, 2.05) is 0 Å². The lowest BCUT2D eigenvalue weighted by Crippen LogP contribution is -2.30. The van der Waals surface area contributed by atoms with Crippen LogP contribution in [-0.4, -0.2) is 37.2 Å². The summed E-state index contributed by atoms with van der Waals surface area (Å²) in [7, 11) is 0. The first-order valence-corrected chi connectivity index (χ1v) is 35.1. The van der Waals surface area contributed by atoms with Crippen LogP contribution in [0, 0.1) is 0 Å². The number of ether oxygens (including phenoxy) is 3. The predicted octanol–water partition coefficient (Wildman–Crippen LogP) is 24.2. The van der Waals surface area contributed by atoms with E-state index in [-0.39, 0.29) is 31.1 Å². The van der Waals surface area contributed by atoms with Crippen LogP contribution in [0.1, 0.15) is 355 Å². The van der Waals surface area contributed by atoms with Crippen LogP contribution in [0.2, 0.25) is 0 Å². The van der Waals surface area contributed by atoms with Gasteiger partial charge in [0.05, 0.1) is 0 Å². The van der Waals surface area contributed by atoms with Crippen molar-refractivity contribution in [1.82, 2.24) is 0 Å². The Hall–Kier alpha value is -3.41. The molecule has 0 bridgehead atoms. The van der Waals surface area contributed by atoms with E-state index in [9.17, 15) is 14.4 Å². The number of carbonyl (C=O) groups is 3. The molecule has 0 aromatic heterocycles. The van der Waals surface area contributed by atoms with Crippen LogP contribution in [0.15, 0.2) is 85.1 Å². The molecular formula is C75H132O6. The van der Waals surface area contributed by atoms with Gasteiger partial charge < -0.3 is 14.2 Å². The van der Waals surface area contributed by atoms with Gasteiger partial charge in [-0.1, -0.05) is 298 Å². The van der Waals surface area contributed by atoms with E-state index in [0.29, 0.717) is 19.3 Å². The van der Waals surface area contributed by atoms with Gasteiger partial charge in [0.15, 0.2) is 6.10 Å². The third-order valence-corrected chi connectivity index (χ3v) is 15.3. The first-order chi connectivity index (χ1) is 40.0. The Morgan fingerprint density at radius 3 is 0.716 bits per heavy atom. The van der Waals surface area contributed by atoms with Gasteiger partial charge in [-0.2, -0.15) is 0 Å². The molecule has 0 heterocycles. The van der Waals surface area contributed by atoms with Gasteiger partial charge in [-0.15, -0.1) is 0 Å². The molecule has 0 amide bonds. The molecule has 6 nitrogen and oxygen atoms in total. The fourth-order valence-corrected chi connectivity index (χ4v) is 10.0. The first kappa shape index (κ1) is 77.6. The Kier molecular flexibility index (Phi) is 66.2. The normalized spacial score (nSPS) is 12.6. The molecule has 0 aromatic carbocycles. The van der Waals surface area contributed by atoms with Crippen LogP contribution in [-0.2, 0) is 28.6 Å². The zero-order valence-corrected chi connectivity index (χ0v) is 53.8. The Balaban J connectivity index is 4.34. The topological polar surface area (TPSA) is 78.9 Å². The summed E-state index contributed by atoms with van der Waals surface area (Å²) < 4.78 is 17.0. The van der Waals surface area contributed by atoms with E-state index in [2.05, 4.69) is 106 Å². The molecule has 468 valence electrons. The van der Waals surface area contributed by atoms with E-state index < -0.39 is 6.10 Å². The highest BCUT2D eigenvalue weighted by molar-refractivity contribution is 5.71. The van der Waals surface area contributed by atoms with E-state index in [1.165, 1.54) is 218 Å². The molecule has 0 saturated heterocycles. The van der Waals surface area contributed by atoms with Gasteiger partial charge in [0.2, 0.25) is 0 Å². The van der Waals surface area contributed by atoms with E-state index in [1.54, 1.807) is 0 Å². The molecule has 0 N–H and O–H groups in total. The van der Waals surface area contributed by atoms with Crippen LogP contribution in [0.3, 0.4) is 0 Å². The fourth-order valence-electron chi connectivity index (χ4n) is 10.0. The van der Waals surface area contributed by atoms with Gasteiger partial charge >= 0.3 is 17.9 Å². The maximum atomic E-state index is 13.0. The quantitative estimate of drug-likeness (QED) is 0.0261. The second-order valence-corrected chi connectivity index (χ2v) is 23.4. The van der Waals surface area contributed by atoms with Gasteiger partial charge in [0.25, 0.3) is 0 Å². The number of hydrogen-bond acceptors (Lipinski definition) is 6. The molecule has 0 spiro atoms. The number of esters is 3. The van der Waals surface area contributed by atoms with Crippen LogP contribution >= 0.6 is 0 Å². The monoisotopic (exact) mass is 1130 g/mol. The molecule has 81 heavy (non-hydrogen) atoms. The molecule has 1 unspecified atom stereocenters. The van der Waals surface area contributed by atoms with Gasteiger partial charge in [-0.25, -0.2) is 0 Å². The van der Waals surface area contributed by atoms with Gasteiger partial charge in [0.1, 0.15) is 13.2 Å². The van der Waals surface area contributed by atoms with Crippen LogP contribution in [0.25, 0.3) is 0 Å². The lowest BCUT2D eigenvalue weighted by molar-refractivity contribution is -0.167. The zero-order chi connectivity index (χ0) is 58.5. The number of allylic oxidation sites excluding steroid dienone is 14. The maximum Gasteiger partial charge on any atom is 0.306 e. The largest absolute Gasteiger partial charge is 0.462 e. The molecule has 0 fully saturated rings. The minimum atomic E-state index is -0.788. The minimum Gasteiger partial charge on any atom is -0.462 e. The van der Waals surface area contributed by atoms with Gasteiger partial charge in [0, 0.05) is 19.3 Å². The van der Waals surface area contributed by atoms with Crippen LogP contribution in [0.4, 0.5) is 0 Å². The molecule has 1 atom stereocenters. The average Bonchev–Trinajstić information content (AvgIpc) is 3.47. The van der Waals surface area contributed by atoms with Crippen molar-refractivity contribution in [2.75, 3.05) is 13.2 Å². The summed E-state index contributed by atoms with van der Waals surface area (Å²) in [5.41, 5.74) is 0. The smallest absolute Gasteiger partial charge is 0.306 e. The van der Waals surface area contributed by atoms with Crippen molar-refractivity contribution >= 4 is 17.9 Å². The Bertz CT molecular complexity index is 1530. The molecule has 0 aromatic rings. The Morgan fingerprint density at radius 1 is 0.247 bits per heavy atom. The summed E-state index contributed by atoms with van der Waals surface area (Å²) in [5.74, 6) is -0.886. The number of hydrogen-bond donors (Lipinski definition) is 0. The maximum absolute atomic E-state index is 13.0. The highest BCUT2D eigenvalue weighted by Crippen LogP contribution is 2.17. The summed E-state index contributed by atoms with van der Waals surface area (Å²) in [4.78, 5) is 38.4. The molecule has 0 aliphatic carbocycles. The summed E-state index contributed by atoms with van der Waals surface area (Å²) >= 11 is 0. The third-order valence-electron chi connectivity index (χ3n) is 15.3. The van der Waals surface area contributed by atoms with Crippen LogP contribution in [0.5, 0.6) is 0 Å². The molecule has 6 heteroatoms. The molecule has 0 radical (unpaired) electrons. The van der Waals surface area contributed by atoms with Crippen molar-refractivity contribution in [1.29, 1.82) is 0 Å². The number of unbranched alkanes of at least 4 members (excludes halogenated alkanes) is 39. The highest BCUT2D eigenvalue weighted by Gasteiger charge is 2.19. The highest BCUT2D eigenvalue weighted by atomic mass is 16.6. The molecule has 0 aliphatic heterocycles. The zero-order valence-electron chi connectivity index (χ0n) is 53.8. The predicted molar refractivity (Wildman–Crippen MR) is 353 cm³/mol. The molecular weight excluding hydrogens is 997 g/mol. The molecule has 0 rings (SSSR count). The average molecular weight is 1130 g/mol. The van der Waals surface area contributed by atoms with Gasteiger partial charge in [-0.05, 0) is 122 Å². The summed E-state index contributed by atoms with van der Waals surface area (Å²) in [6.07, 6.45) is 91.7. The van der Waals surface area contributed by atoms with E-state index in [4.69, 9.17) is 14.2 Å². The summed E-state index contributed by atoms with van der Waals surface area (Å²) in [6, 6.07) is 0. The standard InChI is InChI=1S/C75H132O6/c1-4-7-10-13-16-19-22-25-28-30-32-34-36-37-39-40-42-44-47-50-53-56-59-62-65-68-74(77)80-71-72(70-79-73(76)67-64-61-58-55-52-49-46-27-24-21-18-15-12-9-6-3)81-75(78)69-66-63-60-57-54-51-48-45-43-41-38-35-33-31-29-26-23-20-17-14-11-8-5-2/h18,21-23,25-27,30-33,36-37,46,72H,4-17,19-20,24,28-29,34-35,38-45,47-71H2,1-3H3/b21-18-,25-22-,26-23-,32-30-,33-31-,37-36-,46-27-. The van der Waals surface area contributed by atoms with Crippen molar-refractivity contribution in [3.05, 3.63) is 85.1 Å². The lowest BCUT2D eigenvalue weighted by Gasteiger charge is -2.18. The van der Waals surface area contributed by atoms with Crippen molar-refractivity contribution in [3.63, 3.8) is 0 Å². The second-order valence-electron chi connectivity index (χ2n) is 23.4. The summed E-state index contributed by atoms with van der Waals surface area (Å²) in [5, 5.41) is 0. The molecule has 0 aliphatic rings. The summed E-state index contributed by atoms with van der Waals surface area (Å²) in [6.45, 7) is 6.62. The van der Waals surface area contributed by atoms with E-state index in [0.717, 1.165) is 96.3 Å². The number of carbonyl (C=O) groups excluding carboxylic acids is 3. The van der Waals surface area contributed by atoms with Crippen molar-refractivity contribution < 1.29 is 28.6 Å². The van der Waals surface area contributed by atoms with Crippen LogP contribution < -0.4 is 0 Å². The lowest BCUT2D eigenvalue weighted by atomic mass is 10.0. The van der Waals surface area contributed by atoms with Crippen molar-refractivity contribution in [2.45, 2.75) is 361 Å². The van der Waals surface area contributed by atoms with Crippen molar-refractivity contribution in [3.8, 4) is 0 Å². The number of rotatable bonds is 64. The Morgan fingerprint density at radius 2 is 0.444 bits per heavy atom. The molecule has 0 saturated carbocycles. The fraction of sp³-hybridized carbons (Fsp3) is 0.773.